The first kappa shape index (κ1) is 25.2. The van der Waals surface area contributed by atoms with Gasteiger partial charge in [0.05, 0.1) is 18.6 Å². The van der Waals surface area contributed by atoms with Gasteiger partial charge >= 0.3 is 0 Å². The quantitative estimate of drug-likeness (QED) is 0.147. The van der Waals surface area contributed by atoms with Crippen molar-refractivity contribution < 1.29 is 9.53 Å². The first-order chi connectivity index (χ1) is 18.7. The van der Waals surface area contributed by atoms with Crippen molar-refractivity contribution in [2.75, 3.05) is 6.61 Å². The Bertz CT molecular complexity index is 1350. The Balaban J connectivity index is 1.38. The highest BCUT2D eigenvalue weighted by Crippen LogP contribution is 2.40. The molecule has 0 saturated heterocycles. The SMILES string of the molecule is CC(=O)Cc1ccc(OCCCc2cn(C(c3ccccc3)(c3ccccc3)c3ccccc3)cn2)cc1. The Morgan fingerprint density at radius 1 is 0.763 bits per heavy atom. The molecule has 5 aromatic rings. The summed E-state index contributed by atoms with van der Waals surface area (Å²) in [5.41, 5.74) is 5.02. The molecule has 190 valence electrons. The summed E-state index contributed by atoms with van der Waals surface area (Å²) >= 11 is 0. The Morgan fingerprint density at radius 3 is 1.79 bits per heavy atom. The van der Waals surface area contributed by atoms with Crippen LogP contribution in [-0.4, -0.2) is 21.9 Å². The summed E-state index contributed by atoms with van der Waals surface area (Å²) in [7, 11) is 0. The second-order valence-corrected chi connectivity index (χ2v) is 9.56. The van der Waals surface area contributed by atoms with Gasteiger partial charge in [0, 0.05) is 12.6 Å². The lowest BCUT2D eigenvalue weighted by Crippen LogP contribution is -2.36. The first-order valence-corrected chi connectivity index (χ1v) is 13.1. The van der Waals surface area contributed by atoms with Crippen LogP contribution in [0.3, 0.4) is 0 Å². The van der Waals surface area contributed by atoms with Crippen LogP contribution in [0.4, 0.5) is 0 Å². The van der Waals surface area contributed by atoms with Gasteiger partial charge in [-0.05, 0) is 54.2 Å². The average Bonchev–Trinajstić information content (AvgIpc) is 3.43. The van der Waals surface area contributed by atoms with E-state index in [9.17, 15) is 4.79 Å². The number of hydrogen-bond donors (Lipinski definition) is 0. The molecule has 0 radical (unpaired) electrons. The van der Waals surface area contributed by atoms with E-state index in [1.165, 1.54) is 16.7 Å². The lowest BCUT2D eigenvalue weighted by molar-refractivity contribution is -0.116. The molecule has 0 fully saturated rings. The fourth-order valence-electron chi connectivity index (χ4n) is 5.10. The van der Waals surface area contributed by atoms with E-state index in [2.05, 4.69) is 102 Å². The third kappa shape index (κ3) is 5.45. The highest BCUT2D eigenvalue weighted by atomic mass is 16.5. The summed E-state index contributed by atoms with van der Waals surface area (Å²) in [6.45, 7) is 2.20. The van der Waals surface area contributed by atoms with Gasteiger partial charge in [0.1, 0.15) is 17.1 Å². The molecule has 0 amide bonds. The van der Waals surface area contributed by atoms with Crippen LogP contribution in [0.15, 0.2) is 128 Å². The summed E-state index contributed by atoms with van der Waals surface area (Å²) < 4.78 is 8.20. The molecule has 0 N–H and O–H groups in total. The number of ether oxygens (including phenoxy) is 1. The van der Waals surface area contributed by atoms with E-state index >= 15 is 0 Å². The van der Waals surface area contributed by atoms with Gasteiger partial charge in [-0.3, -0.25) is 4.79 Å². The molecular formula is C34H32N2O2. The molecule has 5 rings (SSSR count). The molecule has 0 atom stereocenters. The largest absolute Gasteiger partial charge is 0.494 e. The van der Waals surface area contributed by atoms with Gasteiger partial charge in [0.2, 0.25) is 0 Å². The monoisotopic (exact) mass is 500 g/mol. The van der Waals surface area contributed by atoms with Gasteiger partial charge in [-0.25, -0.2) is 4.98 Å². The molecule has 0 aliphatic rings. The van der Waals surface area contributed by atoms with Gasteiger partial charge in [0.25, 0.3) is 0 Å². The van der Waals surface area contributed by atoms with Crippen molar-refractivity contribution in [3.8, 4) is 5.75 Å². The molecule has 4 aromatic carbocycles. The van der Waals surface area contributed by atoms with Crippen LogP contribution < -0.4 is 4.74 Å². The number of benzene rings is 4. The van der Waals surface area contributed by atoms with Gasteiger partial charge in [0.15, 0.2) is 0 Å². The van der Waals surface area contributed by atoms with Crippen LogP contribution in [0, 0.1) is 0 Å². The smallest absolute Gasteiger partial charge is 0.134 e. The summed E-state index contributed by atoms with van der Waals surface area (Å²) in [5, 5.41) is 0. The van der Waals surface area contributed by atoms with Crippen molar-refractivity contribution in [2.45, 2.75) is 31.7 Å². The number of rotatable bonds is 11. The summed E-state index contributed by atoms with van der Waals surface area (Å²) in [6, 6.07) is 39.6. The van der Waals surface area contributed by atoms with Crippen molar-refractivity contribution in [3.63, 3.8) is 0 Å². The summed E-state index contributed by atoms with van der Waals surface area (Å²) in [5.74, 6) is 0.980. The predicted molar refractivity (Wildman–Crippen MR) is 151 cm³/mol. The number of Topliss-reactive ketones (excluding diaryl/α,β-unsaturated/α-hetero) is 1. The van der Waals surface area contributed by atoms with E-state index in [1.54, 1.807) is 6.92 Å². The maximum atomic E-state index is 11.3. The molecule has 1 heterocycles. The zero-order valence-electron chi connectivity index (χ0n) is 21.7. The molecular weight excluding hydrogens is 468 g/mol. The third-order valence-electron chi connectivity index (χ3n) is 6.82. The topological polar surface area (TPSA) is 44.1 Å². The first-order valence-electron chi connectivity index (χ1n) is 13.1. The van der Waals surface area contributed by atoms with Crippen LogP contribution >= 0.6 is 0 Å². The zero-order valence-corrected chi connectivity index (χ0v) is 21.7. The molecule has 0 unspecified atom stereocenters. The highest BCUT2D eigenvalue weighted by molar-refractivity contribution is 5.78. The number of carbonyl (C=O) groups excluding carboxylic acids is 1. The van der Waals surface area contributed by atoms with E-state index in [4.69, 9.17) is 9.72 Å². The second kappa shape index (κ2) is 11.7. The third-order valence-corrected chi connectivity index (χ3v) is 6.82. The van der Waals surface area contributed by atoms with E-state index in [-0.39, 0.29) is 5.78 Å². The lowest BCUT2D eigenvalue weighted by Gasteiger charge is -2.37. The maximum Gasteiger partial charge on any atom is 0.134 e. The van der Waals surface area contributed by atoms with E-state index in [0.29, 0.717) is 13.0 Å². The Hall–Kier alpha value is -4.44. The number of ketones is 1. The van der Waals surface area contributed by atoms with Crippen LogP contribution in [0.5, 0.6) is 5.75 Å². The number of aromatic nitrogens is 2. The van der Waals surface area contributed by atoms with Gasteiger partial charge in [-0.2, -0.15) is 0 Å². The van der Waals surface area contributed by atoms with Crippen LogP contribution in [0.25, 0.3) is 0 Å². The predicted octanol–water partition coefficient (Wildman–Crippen LogP) is 6.87. The Morgan fingerprint density at radius 2 is 1.29 bits per heavy atom. The summed E-state index contributed by atoms with van der Waals surface area (Å²) in [6.07, 6.45) is 6.24. The minimum absolute atomic E-state index is 0.161. The lowest BCUT2D eigenvalue weighted by atomic mass is 9.77. The minimum Gasteiger partial charge on any atom is -0.494 e. The molecule has 0 aliphatic carbocycles. The van der Waals surface area contributed by atoms with Crippen molar-refractivity contribution in [2.24, 2.45) is 0 Å². The number of aryl methyl sites for hydroxylation is 1. The second-order valence-electron chi connectivity index (χ2n) is 9.56. The van der Waals surface area contributed by atoms with Crippen molar-refractivity contribution in [3.05, 3.63) is 156 Å². The van der Waals surface area contributed by atoms with Gasteiger partial charge < -0.3 is 9.30 Å². The molecule has 4 heteroatoms. The molecule has 0 spiro atoms. The number of hydrogen-bond acceptors (Lipinski definition) is 3. The average molecular weight is 501 g/mol. The van der Waals surface area contributed by atoms with Gasteiger partial charge in [-0.1, -0.05) is 103 Å². The van der Waals surface area contributed by atoms with Crippen molar-refractivity contribution in [1.82, 2.24) is 9.55 Å². The fraction of sp³-hybridized carbons (Fsp3) is 0.176. The van der Waals surface area contributed by atoms with Gasteiger partial charge in [-0.15, -0.1) is 0 Å². The molecule has 0 saturated carbocycles. The van der Waals surface area contributed by atoms with Crippen LogP contribution in [-0.2, 0) is 23.2 Å². The Kier molecular flexibility index (Phi) is 7.79. The number of carbonyl (C=O) groups is 1. The zero-order chi connectivity index (χ0) is 26.2. The molecule has 38 heavy (non-hydrogen) atoms. The van der Waals surface area contributed by atoms with Crippen molar-refractivity contribution in [1.29, 1.82) is 0 Å². The summed E-state index contributed by atoms with van der Waals surface area (Å²) in [4.78, 5) is 16.1. The van der Waals surface area contributed by atoms with E-state index < -0.39 is 5.54 Å². The molecule has 0 aliphatic heterocycles. The maximum absolute atomic E-state index is 11.3. The highest BCUT2D eigenvalue weighted by Gasteiger charge is 2.38. The van der Waals surface area contributed by atoms with Crippen LogP contribution in [0.2, 0.25) is 0 Å². The van der Waals surface area contributed by atoms with Crippen molar-refractivity contribution >= 4 is 5.78 Å². The number of nitrogens with zero attached hydrogens (tertiary/aromatic N) is 2. The number of imidazole rings is 1. The standard InChI is InChI=1S/C34H32N2O2/c1-27(37)24-28-19-21-33(22-20-28)38-23-11-18-32-25-36(26-35-32)34(29-12-5-2-6-13-29,30-14-7-3-8-15-30)31-16-9-4-10-17-31/h2-10,12-17,19-22,25-26H,11,18,23-24H2,1H3. The molecule has 0 bridgehead atoms. The molecule has 4 nitrogen and oxygen atoms in total. The fourth-order valence-corrected chi connectivity index (χ4v) is 5.10. The minimum atomic E-state index is -0.548. The Labute approximate surface area is 224 Å². The van der Waals surface area contributed by atoms with Crippen LogP contribution in [0.1, 0.15) is 41.3 Å². The normalized spacial score (nSPS) is 11.3. The molecule has 1 aromatic heterocycles. The van der Waals surface area contributed by atoms with E-state index in [0.717, 1.165) is 29.8 Å². The van der Waals surface area contributed by atoms with E-state index in [1.807, 2.05) is 30.6 Å².